The van der Waals surface area contributed by atoms with E-state index in [1.807, 2.05) is 13.0 Å². The van der Waals surface area contributed by atoms with Crippen LogP contribution in [0.15, 0.2) is 35.8 Å². The lowest BCUT2D eigenvalue weighted by Crippen LogP contribution is -2.27. The van der Waals surface area contributed by atoms with Gasteiger partial charge in [-0.05, 0) is 31.5 Å². The molecule has 0 spiro atoms. The maximum atomic E-state index is 12.1. The van der Waals surface area contributed by atoms with Crippen LogP contribution in [0, 0.1) is 0 Å². The maximum Gasteiger partial charge on any atom is 0.226 e. The van der Waals surface area contributed by atoms with Gasteiger partial charge in [0.15, 0.2) is 5.78 Å². The lowest BCUT2D eigenvalue weighted by atomic mass is 9.93. The summed E-state index contributed by atoms with van der Waals surface area (Å²) in [7, 11) is 0. The Bertz CT molecular complexity index is 766. The molecule has 0 saturated heterocycles. The molecule has 1 aromatic heterocycles. The zero-order valence-electron chi connectivity index (χ0n) is 11.4. The minimum atomic E-state index is -0.365. The van der Waals surface area contributed by atoms with E-state index in [2.05, 4.69) is 15.4 Å². The molecule has 2 heterocycles. The van der Waals surface area contributed by atoms with Crippen LogP contribution in [0.25, 0.3) is 0 Å². The molecular weight excluding hydrogens is 311 g/mol. The number of ketones is 1. The summed E-state index contributed by atoms with van der Waals surface area (Å²) in [6.07, 6.45) is 1.45. The molecule has 0 saturated carbocycles. The summed E-state index contributed by atoms with van der Waals surface area (Å²) in [6, 6.07) is 4.94. The van der Waals surface area contributed by atoms with Crippen LogP contribution in [-0.4, -0.2) is 20.5 Å². The van der Waals surface area contributed by atoms with Gasteiger partial charge in [-0.25, -0.2) is 4.68 Å². The number of carbonyl (C=O) groups is 1. The first-order chi connectivity index (χ1) is 9.99. The van der Waals surface area contributed by atoms with Crippen molar-refractivity contribution in [2.24, 2.45) is 0 Å². The molecule has 0 radical (unpaired) electrons. The molecule has 108 valence electrons. The van der Waals surface area contributed by atoms with Gasteiger partial charge in [0.05, 0.1) is 10.0 Å². The number of anilines is 1. The van der Waals surface area contributed by atoms with E-state index in [0.29, 0.717) is 21.6 Å². The Morgan fingerprint density at radius 1 is 1.33 bits per heavy atom. The van der Waals surface area contributed by atoms with E-state index in [0.717, 1.165) is 11.3 Å². The fourth-order valence-corrected chi connectivity index (χ4v) is 2.84. The molecule has 1 N–H and O–H groups in total. The second-order valence-corrected chi connectivity index (χ2v) is 5.64. The first-order valence-electron chi connectivity index (χ1n) is 6.32. The van der Waals surface area contributed by atoms with Gasteiger partial charge in [-0.2, -0.15) is 10.1 Å². The molecule has 7 heteroatoms. The third-order valence-electron chi connectivity index (χ3n) is 3.43. The number of hydrogen-bond donors (Lipinski definition) is 1. The Balaban J connectivity index is 2.21. The summed E-state index contributed by atoms with van der Waals surface area (Å²) in [5.74, 6) is 0.561. The van der Waals surface area contributed by atoms with Crippen LogP contribution in [0.2, 0.25) is 10.0 Å². The number of carbonyl (C=O) groups excluding carboxylic acids is 1. The second kappa shape index (κ2) is 5.16. The zero-order chi connectivity index (χ0) is 15.1. The zero-order valence-corrected chi connectivity index (χ0v) is 12.9. The standard InChI is InChI=1S/C14H12Cl2N4O/c1-7-12(8(2)21)13(20-14(19-7)17-6-18-20)9-3-4-10(15)11(16)5-9/h3-6,13H,1-2H3,(H,17,18,19). The van der Waals surface area contributed by atoms with Crippen LogP contribution < -0.4 is 5.32 Å². The molecule has 0 aliphatic carbocycles. The Morgan fingerprint density at radius 2 is 2.10 bits per heavy atom. The minimum absolute atomic E-state index is 0.0303. The topological polar surface area (TPSA) is 59.8 Å². The Hall–Kier alpha value is -1.85. The average molecular weight is 323 g/mol. The monoisotopic (exact) mass is 322 g/mol. The number of hydrogen-bond acceptors (Lipinski definition) is 4. The van der Waals surface area contributed by atoms with Crippen LogP contribution in [0.1, 0.15) is 25.5 Å². The van der Waals surface area contributed by atoms with E-state index in [1.165, 1.54) is 13.3 Å². The fourth-order valence-electron chi connectivity index (χ4n) is 2.54. The van der Waals surface area contributed by atoms with E-state index in [4.69, 9.17) is 23.2 Å². The predicted octanol–water partition coefficient (Wildman–Crippen LogP) is 3.46. The third kappa shape index (κ3) is 2.32. The summed E-state index contributed by atoms with van der Waals surface area (Å²) in [4.78, 5) is 16.2. The van der Waals surface area contributed by atoms with E-state index in [1.54, 1.807) is 16.8 Å². The van der Waals surface area contributed by atoms with Gasteiger partial charge in [0, 0.05) is 11.3 Å². The first kappa shape index (κ1) is 14.1. The van der Waals surface area contributed by atoms with E-state index >= 15 is 0 Å². The Labute approximate surface area is 131 Å². The molecule has 0 bridgehead atoms. The number of aromatic nitrogens is 3. The number of halogens is 2. The molecule has 3 rings (SSSR count). The molecule has 0 fully saturated rings. The van der Waals surface area contributed by atoms with Gasteiger partial charge in [-0.15, -0.1) is 0 Å². The first-order valence-corrected chi connectivity index (χ1v) is 7.08. The summed E-state index contributed by atoms with van der Waals surface area (Å²) in [6.45, 7) is 3.38. The van der Waals surface area contributed by atoms with Crippen LogP contribution in [0.5, 0.6) is 0 Å². The van der Waals surface area contributed by atoms with Crippen molar-refractivity contribution in [1.29, 1.82) is 0 Å². The summed E-state index contributed by atoms with van der Waals surface area (Å²) in [5, 5.41) is 8.21. The molecular formula is C14H12Cl2N4O. The van der Waals surface area contributed by atoms with Gasteiger partial charge in [-0.3, -0.25) is 4.79 Å². The molecule has 1 aliphatic rings. The summed E-state index contributed by atoms with van der Waals surface area (Å²) < 4.78 is 1.67. The van der Waals surface area contributed by atoms with E-state index < -0.39 is 0 Å². The number of nitrogens with zero attached hydrogens (tertiary/aromatic N) is 3. The van der Waals surface area contributed by atoms with E-state index in [-0.39, 0.29) is 11.8 Å². The van der Waals surface area contributed by atoms with Gasteiger partial charge in [0.25, 0.3) is 0 Å². The van der Waals surface area contributed by atoms with Gasteiger partial charge in [0.2, 0.25) is 5.95 Å². The third-order valence-corrected chi connectivity index (χ3v) is 4.17. The molecule has 5 nitrogen and oxygen atoms in total. The van der Waals surface area contributed by atoms with E-state index in [9.17, 15) is 4.79 Å². The SMILES string of the molecule is CC(=O)C1=C(C)Nc2ncnn2C1c1ccc(Cl)c(Cl)c1. The fraction of sp³-hybridized carbons (Fsp3) is 0.214. The Morgan fingerprint density at radius 3 is 2.76 bits per heavy atom. The van der Waals surface area contributed by atoms with Crippen LogP contribution in [0.4, 0.5) is 5.95 Å². The van der Waals surface area contributed by atoms with Gasteiger partial charge in [0.1, 0.15) is 12.4 Å². The second-order valence-electron chi connectivity index (χ2n) is 4.82. The van der Waals surface area contributed by atoms with Gasteiger partial charge < -0.3 is 5.32 Å². The van der Waals surface area contributed by atoms with Crippen LogP contribution in [0.3, 0.4) is 0 Å². The van der Waals surface area contributed by atoms with Crippen LogP contribution in [-0.2, 0) is 4.79 Å². The Kier molecular flexibility index (Phi) is 3.47. The largest absolute Gasteiger partial charge is 0.328 e. The quantitative estimate of drug-likeness (QED) is 0.919. The highest BCUT2D eigenvalue weighted by Gasteiger charge is 2.31. The number of rotatable bonds is 2. The van der Waals surface area contributed by atoms with Gasteiger partial charge >= 0.3 is 0 Å². The van der Waals surface area contributed by atoms with Gasteiger partial charge in [-0.1, -0.05) is 29.3 Å². The summed E-state index contributed by atoms with van der Waals surface area (Å²) in [5.41, 5.74) is 2.23. The lowest BCUT2D eigenvalue weighted by molar-refractivity contribution is -0.114. The predicted molar refractivity (Wildman–Crippen MR) is 81.6 cm³/mol. The molecule has 21 heavy (non-hydrogen) atoms. The number of benzene rings is 1. The highest BCUT2D eigenvalue weighted by atomic mass is 35.5. The van der Waals surface area contributed by atoms with Crippen molar-refractivity contribution in [3.8, 4) is 0 Å². The minimum Gasteiger partial charge on any atom is -0.328 e. The lowest BCUT2D eigenvalue weighted by Gasteiger charge is -2.28. The average Bonchev–Trinajstić information content (AvgIpc) is 2.87. The number of fused-ring (bicyclic) bond motifs is 1. The van der Waals surface area contributed by atoms with Crippen LogP contribution >= 0.6 is 23.2 Å². The molecule has 0 amide bonds. The molecule has 1 atom stereocenters. The van der Waals surface area contributed by atoms with Crippen molar-refractivity contribution in [3.63, 3.8) is 0 Å². The number of nitrogens with one attached hydrogen (secondary N) is 1. The van der Waals surface area contributed by atoms with Crippen molar-refractivity contribution in [1.82, 2.24) is 14.8 Å². The van der Waals surface area contributed by atoms with Crippen molar-refractivity contribution < 1.29 is 4.79 Å². The number of Topliss-reactive ketones (excluding diaryl/α,β-unsaturated/α-hetero) is 1. The summed E-state index contributed by atoms with van der Waals surface area (Å²) >= 11 is 12.1. The van der Waals surface area contributed by atoms with Crippen molar-refractivity contribution in [3.05, 3.63) is 51.4 Å². The molecule has 1 aromatic carbocycles. The number of allylic oxidation sites excluding steroid dienone is 2. The highest BCUT2D eigenvalue weighted by Crippen LogP contribution is 2.36. The molecule has 2 aromatic rings. The van der Waals surface area contributed by atoms with Crippen molar-refractivity contribution in [2.75, 3.05) is 5.32 Å². The van der Waals surface area contributed by atoms with Crippen molar-refractivity contribution in [2.45, 2.75) is 19.9 Å². The normalized spacial score (nSPS) is 17.4. The molecule has 1 aliphatic heterocycles. The highest BCUT2D eigenvalue weighted by molar-refractivity contribution is 6.42. The smallest absolute Gasteiger partial charge is 0.226 e. The van der Waals surface area contributed by atoms with Crippen molar-refractivity contribution >= 4 is 34.9 Å². The molecule has 1 unspecified atom stereocenters. The maximum absolute atomic E-state index is 12.1.